The van der Waals surface area contributed by atoms with Crippen molar-refractivity contribution < 1.29 is 47.6 Å². The van der Waals surface area contributed by atoms with Gasteiger partial charge in [0.15, 0.2) is 11.5 Å². The fourth-order valence-corrected chi connectivity index (χ4v) is 3.00. The molecule has 0 fully saturated rings. The van der Waals surface area contributed by atoms with Gasteiger partial charge in [-0.25, -0.2) is 9.59 Å². The highest BCUT2D eigenvalue weighted by Crippen LogP contribution is 2.31. The van der Waals surface area contributed by atoms with Gasteiger partial charge in [0, 0.05) is 19.3 Å². The Morgan fingerprint density at radius 3 is 2.00 bits per heavy atom. The first kappa shape index (κ1) is 31.7. The first-order chi connectivity index (χ1) is 17.5. The van der Waals surface area contributed by atoms with Crippen LogP contribution in [0.15, 0.2) is 18.2 Å². The van der Waals surface area contributed by atoms with Crippen LogP contribution in [0.5, 0.6) is 11.5 Å². The number of carbonyl (C=O) groups is 4. The van der Waals surface area contributed by atoms with Crippen molar-refractivity contribution in [2.45, 2.75) is 90.9 Å². The molecule has 0 aromatic heterocycles. The van der Waals surface area contributed by atoms with Gasteiger partial charge in [-0.05, 0) is 50.8 Å². The minimum absolute atomic E-state index is 0.0130. The van der Waals surface area contributed by atoms with E-state index in [-0.39, 0.29) is 43.5 Å². The second-order valence-corrected chi connectivity index (χ2v) is 8.70. The molecule has 2 unspecified atom stereocenters. The Morgan fingerprint density at radius 1 is 0.919 bits per heavy atom. The summed E-state index contributed by atoms with van der Waals surface area (Å²) < 4.78 is 30.9. The molecule has 3 atom stereocenters. The topological polar surface area (TPSA) is 150 Å². The molecule has 0 radical (unpaired) electrons. The second-order valence-electron chi connectivity index (χ2n) is 8.70. The zero-order chi connectivity index (χ0) is 28.0. The number of nitrogens with two attached hydrogens (primary N) is 1. The standard InChI is InChI=1S/C26H39NO10/c1-7-10-22(28)33-14-13-26(27,23(29)32-6)16-19-11-12-20(36-24(30)34-17(4)8-2)21(15-19)37-25(31)35-18(5)9-3/h11-12,15,17-18H,7-10,13-14,16,27H2,1-6H3/t17?,18?,26-/m1/s1. The van der Waals surface area contributed by atoms with Crippen LogP contribution in [0, 0.1) is 0 Å². The summed E-state index contributed by atoms with van der Waals surface area (Å²) in [5.41, 5.74) is 5.28. The Labute approximate surface area is 217 Å². The van der Waals surface area contributed by atoms with E-state index in [0.29, 0.717) is 24.8 Å². The molecule has 0 spiro atoms. The first-order valence-electron chi connectivity index (χ1n) is 12.4. The van der Waals surface area contributed by atoms with Gasteiger partial charge in [-0.15, -0.1) is 0 Å². The maximum atomic E-state index is 12.5. The number of hydrogen-bond acceptors (Lipinski definition) is 11. The summed E-state index contributed by atoms with van der Waals surface area (Å²) in [6.07, 6.45) is -0.788. The first-order valence-corrected chi connectivity index (χ1v) is 12.4. The Morgan fingerprint density at radius 2 is 1.49 bits per heavy atom. The Hall–Kier alpha value is -3.34. The van der Waals surface area contributed by atoms with E-state index < -0.39 is 35.9 Å². The molecule has 1 aromatic carbocycles. The van der Waals surface area contributed by atoms with Crippen LogP contribution in [0.25, 0.3) is 0 Å². The number of hydrogen-bond donors (Lipinski definition) is 1. The van der Waals surface area contributed by atoms with Crippen molar-refractivity contribution in [2.75, 3.05) is 13.7 Å². The number of carbonyl (C=O) groups excluding carboxylic acids is 4. The van der Waals surface area contributed by atoms with E-state index in [1.165, 1.54) is 19.2 Å². The van der Waals surface area contributed by atoms with E-state index in [1.54, 1.807) is 19.9 Å². The van der Waals surface area contributed by atoms with Gasteiger partial charge in [0.1, 0.15) is 17.7 Å². The van der Waals surface area contributed by atoms with Crippen molar-refractivity contribution in [3.05, 3.63) is 23.8 Å². The highest BCUT2D eigenvalue weighted by atomic mass is 16.7. The fourth-order valence-electron chi connectivity index (χ4n) is 3.00. The number of esters is 2. The fraction of sp³-hybridized carbons (Fsp3) is 0.615. The molecule has 0 aliphatic carbocycles. The largest absolute Gasteiger partial charge is 0.514 e. The van der Waals surface area contributed by atoms with Crippen molar-refractivity contribution >= 4 is 24.2 Å². The molecule has 0 aliphatic rings. The summed E-state index contributed by atoms with van der Waals surface area (Å²) in [5, 5.41) is 0. The van der Waals surface area contributed by atoms with Gasteiger partial charge in [0.05, 0.1) is 13.7 Å². The number of methoxy groups -OCH3 is 1. The van der Waals surface area contributed by atoms with E-state index in [1.807, 2.05) is 20.8 Å². The van der Waals surface area contributed by atoms with Crippen LogP contribution in [0.3, 0.4) is 0 Å². The molecule has 11 nitrogen and oxygen atoms in total. The molecule has 11 heteroatoms. The molecule has 1 rings (SSSR count). The van der Waals surface area contributed by atoms with Crippen molar-refractivity contribution in [1.29, 1.82) is 0 Å². The van der Waals surface area contributed by atoms with Crippen molar-refractivity contribution in [2.24, 2.45) is 5.73 Å². The summed E-state index contributed by atoms with van der Waals surface area (Å²) in [5.74, 6) is -1.33. The van der Waals surface area contributed by atoms with Gasteiger partial charge in [-0.1, -0.05) is 26.8 Å². The lowest BCUT2D eigenvalue weighted by Crippen LogP contribution is -2.51. The van der Waals surface area contributed by atoms with E-state index in [0.717, 1.165) is 0 Å². The molecule has 1 aromatic rings. The normalized spacial score (nSPS) is 13.9. The van der Waals surface area contributed by atoms with E-state index in [2.05, 4.69) is 0 Å². The summed E-state index contributed by atoms with van der Waals surface area (Å²) in [6, 6.07) is 4.34. The third kappa shape index (κ3) is 11.1. The van der Waals surface area contributed by atoms with Gasteiger partial charge < -0.3 is 34.2 Å². The summed E-state index contributed by atoms with van der Waals surface area (Å²) >= 11 is 0. The monoisotopic (exact) mass is 525 g/mol. The number of benzene rings is 1. The van der Waals surface area contributed by atoms with Gasteiger partial charge in [0.25, 0.3) is 0 Å². The van der Waals surface area contributed by atoms with Crippen molar-refractivity contribution in [1.82, 2.24) is 0 Å². The van der Waals surface area contributed by atoms with Gasteiger partial charge in [0.2, 0.25) is 0 Å². The summed E-state index contributed by atoms with van der Waals surface area (Å²) in [6.45, 7) is 8.85. The molecule has 0 amide bonds. The molecule has 208 valence electrons. The molecule has 0 bridgehead atoms. The summed E-state index contributed by atoms with van der Waals surface area (Å²) in [4.78, 5) is 48.7. The average molecular weight is 526 g/mol. The van der Waals surface area contributed by atoms with Gasteiger partial charge >= 0.3 is 24.2 Å². The number of ether oxygens (including phenoxy) is 6. The summed E-state index contributed by atoms with van der Waals surface area (Å²) in [7, 11) is 1.20. The van der Waals surface area contributed by atoms with Crippen LogP contribution in [0.2, 0.25) is 0 Å². The van der Waals surface area contributed by atoms with Crippen molar-refractivity contribution in [3.63, 3.8) is 0 Å². The van der Waals surface area contributed by atoms with Crippen LogP contribution >= 0.6 is 0 Å². The van der Waals surface area contributed by atoms with Crippen molar-refractivity contribution in [3.8, 4) is 11.5 Å². The minimum atomic E-state index is -1.55. The van der Waals surface area contributed by atoms with Crippen LogP contribution in [-0.4, -0.2) is 55.7 Å². The highest BCUT2D eigenvalue weighted by Gasteiger charge is 2.36. The van der Waals surface area contributed by atoms with Crippen LogP contribution in [-0.2, 0) is 35.0 Å². The maximum absolute atomic E-state index is 12.5. The van der Waals surface area contributed by atoms with E-state index in [9.17, 15) is 19.2 Å². The second kappa shape index (κ2) is 15.7. The predicted molar refractivity (Wildman–Crippen MR) is 133 cm³/mol. The zero-order valence-electron chi connectivity index (χ0n) is 22.5. The lowest BCUT2D eigenvalue weighted by atomic mass is 9.88. The Kier molecular flexibility index (Phi) is 13.4. The van der Waals surface area contributed by atoms with E-state index in [4.69, 9.17) is 34.2 Å². The van der Waals surface area contributed by atoms with Gasteiger partial charge in [-0.2, -0.15) is 0 Å². The molecular formula is C26H39NO10. The molecule has 37 heavy (non-hydrogen) atoms. The maximum Gasteiger partial charge on any atom is 0.514 e. The third-order valence-corrected chi connectivity index (χ3v) is 5.52. The van der Waals surface area contributed by atoms with E-state index >= 15 is 0 Å². The zero-order valence-corrected chi connectivity index (χ0v) is 22.5. The van der Waals surface area contributed by atoms with Crippen LogP contribution in [0.4, 0.5) is 9.59 Å². The molecule has 0 aliphatic heterocycles. The van der Waals surface area contributed by atoms with Gasteiger partial charge in [-0.3, -0.25) is 9.59 Å². The SMILES string of the molecule is CCCC(=O)OCC[C@@](N)(Cc1ccc(OC(=O)OC(C)CC)c(OC(=O)OC(C)CC)c1)C(=O)OC. The highest BCUT2D eigenvalue weighted by molar-refractivity contribution is 5.81. The average Bonchev–Trinajstić information content (AvgIpc) is 2.84. The quantitative estimate of drug-likeness (QED) is 0.208. The molecular weight excluding hydrogens is 486 g/mol. The lowest BCUT2D eigenvalue weighted by molar-refractivity contribution is -0.151. The predicted octanol–water partition coefficient (Wildman–Crippen LogP) is 4.46. The molecule has 0 saturated heterocycles. The third-order valence-electron chi connectivity index (χ3n) is 5.52. The smallest absolute Gasteiger partial charge is 0.468 e. The minimum Gasteiger partial charge on any atom is -0.468 e. The lowest BCUT2D eigenvalue weighted by Gasteiger charge is -2.26. The number of rotatable bonds is 14. The Balaban J connectivity index is 3.19. The molecule has 0 saturated carbocycles. The van der Waals surface area contributed by atoms with Crippen LogP contribution < -0.4 is 15.2 Å². The molecule has 0 heterocycles. The molecule has 2 N–H and O–H groups in total. The van der Waals surface area contributed by atoms with Crippen LogP contribution in [0.1, 0.15) is 72.3 Å². The Bertz CT molecular complexity index is 919.